The van der Waals surface area contributed by atoms with Crippen LogP contribution < -0.4 is 10.6 Å². The number of aryl methyl sites for hydroxylation is 1. The van der Waals surface area contributed by atoms with Gasteiger partial charge in [-0.2, -0.15) is 0 Å². The summed E-state index contributed by atoms with van der Waals surface area (Å²) in [5.41, 5.74) is 2.29. The van der Waals surface area contributed by atoms with E-state index in [-0.39, 0.29) is 17.6 Å². The van der Waals surface area contributed by atoms with Gasteiger partial charge in [-0.05, 0) is 49.9 Å². The van der Waals surface area contributed by atoms with Gasteiger partial charge < -0.3 is 15.7 Å². The number of anilines is 1. The molecule has 1 aromatic carbocycles. The molecule has 0 heterocycles. The van der Waals surface area contributed by atoms with Crippen molar-refractivity contribution in [2.45, 2.75) is 32.7 Å². The molecule has 1 fully saturated rings. The van der Waals surface area contributed by atoms with E-state index in [2.05, 4.69) is 10.6 Å². The highest BCUT2D eigenvalue weighted by molar-refractivity contribution is 5.94. The lowest BCUT2D eigenvalue weighted by atomic mass is 10.0. The minimum absolute atomic E-state index is 0.219. The number of nitrogens with one attached hydrogen (secondary N) is 2. The van der Waals surface area contributed by atoms with E-state index in [0.717, 1.165) is 24.0 Å². The summed E-state index contributed by atoms with van der Waals surface area (Å²) >= 11 is 0. The molecule has 2 amide bonds. The Morgan fingerprint density at radius 1 is 1.28 bits per heavy atom. The third-order valence-electron chi connectivity index (χ3n) is 3.07. The van der Waals surface area contributed by atoms with Crippen molar-refractivity contribution in [2.75, 3.05) is 5.32 Å². The normalized spacial score (nSPS) is 14.1. The summed E-state index contributed by atoms with van der Waals surface area (Å²) in [6.07, 6.45) is 2.03. The summed E-state index contributed by atoms with van der Waals surface area (Å²) in [4.78, 5) is 22.6. The van der Waals surface area contributed by atoms with Gasteiger partial charge in [0.2, 0.25) is 0 Å². The topological polar surface area (TPSA) is 78.4 Å². The van der Waals surface area contributed by atoms with Crippen molar-refractivity contribution in [3.05, 3.63) is 28.8 Å². The second-order valence-electron chi connectivity index (χ2n) is 4.64. The molecule has 0 aromatic heterocycles. The van der Waals surface area contributed by atoms with Crippen molar-refractivity contribution < 1.29 is 14.7 Å². The SMILES string of the molecule is Cc1cc(NC(=O)NC2CC2)cc(C(=O)O)c1C. The minimum atomic E-state index is -0.984. The highest BCUT2D eigenvalue weighted by Gasteiger charge is 2.23. The summed E-state index contributed by atoms with van der Waals surface area (Å²) < 4.78 is 0. The van der Waals surface area contributed by atoms with Crippen LogP contribution in [0.2, 0.25) is 0 Å². The molecule has 1 aliphatic rings. The monoisotopic (exact) mass is 248 g/mol. The van der Waals surface area contributed by atoms with Crippen molar-refractivity contribution in [3.8, 4) is 0 Å². The van der Waals surface area contributed by atoms with Crippen LogP contribution in [0, 0.1) is 13.8 Å². The predicted octanol–water partition coefficient (Wildman–Crippen LogP) is 2.29. The Labute approximate surface area is 105 Å². The van der Waals surface area contributed by atoms with Crippen LogP contribution in [0.5, 0.6) is 0 Å². The van der Waals surface area contributed by atoms with Crippen LogP contribution in [0.15, 0.2) is 12.1 Å². The van der Waals surface area contributed by atoms with Crippen LogP contribution in [0.3, 0.4) is 0 Å². The molecule has 0 radical (unpaired) electrons. The van der Waals surface area contributed by atoms with Gasteiger partial charge in [0.05, 0.1) is 5.56 Å². The van der Waals surface area contributed by atoms with Crippen LogP contribution in [-0.2, 0) is 0 Å². The van der Waals surface area contributed by atoms with Gasteiger partial charge in [-0.3, -0.25) is 0 Å². The van der Waals surface area contributed by atoms with Crippen LogP contribution >= 0.6 is 0 Å². The zero-order valence-electron chi connectivity index (χ0n) is 10.4. The molecule has 0 bridgehead atoms. The quantitative estimate of drug-likeness (QED) is 0.767. The number of carboxylic acid groups (broad SMARTS) is 1. The molecule has 2 rings (SSSR count). The average Bonchev–Trinajstić information content (AvgIpc) is 3.06. The van der Waals surface area contributed by atoms with Crippen LogP contribution in [0.4, 0.5) is 10.5 Å². The second kappa shape index (κ2) is 4.68. The van der Waals surface area contributed by atoms with Gasteiger partial charge in [0, 0.05) is 11.7 Å². The first-order valence-electron chi connectivity index (χ1n) is 5.89. The summed E-state index contributed by atoms with van der Waals surface area (Å²) in [7, 11) is 0. The standard InChI is InChI=1S/C13H16N2O3/c1-7-5-10(6-11(8(7)2)12(16)17)15-13(18)14-9-3-4-9/h5-6,9H,3-4H2,1-2H3,(H,16,17)(H2,14,15,18). The fourth-order valence-corrected chi connectivity index (χ4v) is 1.73. The van der Waals surface area contributed by atoms with E-state index >= 15 is 0 Å². The van der Waals surface area contributed by atoms with E-state index in [4.69, 9.17) is 5.11 Å². The van der Waals surface area contributed by atoms with Gasteiger partial charge >= 0.3 is 12.0 Å². The maximum Gasteiger partial charge on any atom is 0.336 e. The lowest BCUT2D eigenvalue weighted by Gasteiger charge is -2.11. The van der Waals surface area contributed by atoms with Gasteiger partial charge in [0.25, 0.3) is 0 Å². The van der Waals surface area contributed by atoms with E-state index in [0.29, 0.717) is 5.69 Å². The molecule has 96 valence electrons. The lowest BCUT2D eigenvalue weighted by Crippen LogP contribution is -2.30. The third-order valence-corrected chi connectivity index (χ3v) is 3.07. The molecular formula is C13H16N2O3. The first-order valence-corrected chi connectivity index (χ1v) is 5.89. The maximum absolute atomic E-state index is 11.6. The second-order valence-corrected chi connectivity index (χ2v) is 4.64. The highest BCUT2D eigenvalue weighted by atomic mass is 16.4. The lowest BCUT2D eigenvalue weighted by molar-refractivity contribution is 0.0696. The van der Waals surface area contributed by atoms with Crippen molar-refractivity contribution >= 4 is 17.7 Å². The van der Waals surface area contributed by atoms with E-state index in [9.17, 15) is 9.59 Å². The Bertz CT molecular complexity index is 507. The number of carboxylic acids is 1. The Kier molecular flexibility index (Phi) is 3.23. The Morgan fingerprint density at radius 3 is 2.50 bits per heavy atom. The molecule has 5 nitrogen and oxygen atoms in total. The number of urea groups is 1. The first kappa shape index (κ1) is 12.4. The zero-order chi connectivity index (χ0) is 13.3. The van der Waals surface area contributed by atoms with Gasteiger partial charge in [0.1, 0.15) is 0 Å². The number of hydrogen-bond donors (Lipinski definition) is 3. The molecular weight excluding hydrogens is 232 g/mol. The predicted molar refractivity (Wildman–Crippen MR) is 68.1 cm³/mol. The highest BCUT2D eigenvalue weighted by Crippen LogP contribution is 2.21. The van der Waals surface area contributed by atoms with Gasteiger partial charge in [-0.15, -0.1) is 0 Å². The summed E-state index contributed by atoms with van der Waals surface area (Å²) in [5.74, 6) is -0.984. The third kappa shape index (κ3) is 2.80. The molecule has 5 heteroatoms. The zero-order valence-corrected chi connectivity index (χ0v) is 10.4. The fourth-order valence-electron chi connectivity index (χ4n) is 1.73. The Morgan fingerprint density at radius 2 is 1.94 bits per heavy atom. The number of amides is 2. The first-order chi connectivity index (χ1) is 8.47. The molecule has 0 atom stereocenters. The minimum Gasteiger partial charge on any atom is -0.478 e. The number of aromatic carboxylic acids is 1. The van der Waals surface area contributed by atoms with Crippen LogP contribution in [0.1, 0.15) is 34.3 Å². The molecule has 18 heavy (non-hydrogen) atoms. The molecule has 1 aromatic rings. The van der Waals surface area contributed by atoms with Gasteiger partial charge in [0.15, 0.2) is 0 Å². The fraction of sp³-hybridized carbons (Fsp3) is 0.385. The molecule has 0 unspecified atom stereocenters. The molecule has 0 spiro atoms. The largest absolute Gasteiger partial charge is 0.478 e. The number of benzene rings is 1. The van der Waals surface area contributed by atoms with Crippen molar-refractivity contribution in [1.29, 1.82) is 0 Å². The number of carbonyl (C=O) groups is 2. The number of hydrogen-bond acceptors (Lipinski definition) is 2. The smallest absolute Gasteiger partial charge is 0.336 e. The van der Waals surface area contributed by atoms with Crippen molar-refractivity contribution in [3.63, 3.8) is 0 Å². The van der Waals surface area contributed by atoms with Gasteiger partial charge in [-0.25, -0.2) is 9.59 Å². The summed E-state index contributed by atoms with van der Waals surface area (Å²) in [6.45, 7) is 3.58. The molecule has 3 N–H and O–H groups in total. The van der Waals surface area contributed by atoms with E-state index in [1.54, 1.807) is 13.0 Å². The Balaban J connectivity index is 2.16. The summed E-state index contributed by atoms with van der Waals surface area (Å²) in [6, 6.07) is 3.25. The van der Waals surface area contributed by atoms with Crippen LogP contribution in [0.25, 0.3) is 0 Å². The van der Waals surface area contributed by atoms with Crippen LogP contribution in [-0.4, -0.2) is 23.1 Å². The average molecular weight is 248 g/mol. The van der Waals surface area contributed by atoms with E-state index < -0.39 is 5.97 Å². The Hall–Kier alpha value is -2.04. The number of carbonyl (C=O) groups excluding carboxylic acids is 1. The van der Waals surface area contributed by atoms with Crippen molar-refractivity contribution in [1.82, 2.24) is 5.32 Å². The molecule has 1 aliphatic carbocycles. The molecule has 0 aliphatic heterocycles. The van der Waals surface area contributed by atoms with Gasteiger partial charge in [-0.1, -0.05) is 0 Å². The maximum atomic E-state index is 11.6. The number of rotatable bonds is 3. The molecule has 0 saturated heterocycles. The van der Waals surface area contributed by atoms with E-state index in [1.807, 2.05) is 6.92 Å². The summed E-state index contributed by atoms with van der Waals surface area (Å²) in [5, 5.41) is 14.5. The van der Waals surface area contributed by atoms with Crippen molar-refractivity contribution in [2.24, 2.45) is 0 Å². The van der Waals surface area contributed by atoms with E-state index in [1.165, 1.54) is 6.07 Å². The molecule has 1 saturated carbocycles.